The van der Waals surface area contributed by atoms with Crippen LogP contribution in [0.4, 0.5) is 23.0 Å². The summed E-state index contributed by atoms with van der Waals surface area (Å²) in [6, 6.07) is 5.72. The Morgan fingerprint density at radius 1 is 1.14 bits per heavy atom. The van der Waals surface area contributed by atoms with Crippen LogP contribution in [0, 0.1) is 24.0 Å². The van der Waals surface area contributed by atoms with Crippen molar-refractivity contribution in [3.8, 4) is 0 Å². The maximum absolute atomic E-state index is 11.4. The Kier molecular flexibility index (Phi) is 4.52. The fourth-order valence-corrected chi connectivity index (χ4v) is 1.89. The summed E-state index contributed by atoms with van der Waals surface area (Å²) < 4.78 is 0. The molecule has 1 aromatic carbocycles. The Morgan fingerprint density at radius 2 is 1.82 bits per heavy atom. The molecule has 0 unspecified atom stereocenters. The first-order valence-electron chi connectivity index (χ1n) is 6.66. The van der Waals surface area contributed by atoms with E-state index in [9.17, 15) is 10.1 Å². The molecule has 0 amide bonds. The van der Waals surface area contributed by atoms with Gasteiger partial charge in [0, 0.05) is 19.8 Å². The summed E-state index contributed by atoms with van der Waals surface area (Å²) in [5.74, 6) is 0.281. The molecule has 22 heavy (non-hydrogen) atoms. The number of nitro groups is 1. The summed E-state index contributed by atoms with van der Waals surface area (Å²) in [5.41, 5.74) is 5.58. The van der Waals surface area contributed by atoms with E-state index in [4.69, 9.17) is 0 Å². The Hall–Kier alpha value is -2.74. The maximum atomic E-state index is 11.4. The fourth-order valence-electron chi connectivity index (χ4n) is 1.89. The molecule has 2 aromatic rings. The molecule has 1 aromatic heterocycles. The molecule has 0 fully saturated rings. The van der Waals surface area contributed by atoms with E-state index >= 15 is 0 Å². The van der Waals surface area contributed by atoms with Crippen molar-refractivity contribution >= 4 is 23.0 Å². The van der Waals surface area contributed by atoms with Crippen LogP contribution >= 0.6 is 0 Å². The van der Waals surface area contributed by atoms with Gasteiger partial charge in [-0.3, -0.25) is 15.5 Å². The molecule has 8 heteroatoms. The van der Waals surface area contributed by atoms with Crippen LogP contribution in [0.15, 0.2) is 24.5 Å². The number of aryl methyl sites for hydroxylation is 2. The van der Waals surface area contributed by atoms with E-state index in [0.29, 0.717) is 0 Å². The zero-order valence-corrected chi connectivity index (χ0v) is 12.9. The Bertz CT molecular complexity index is 702. The topological polar surface area (TPSA) is 96.2 Å². The van der Waals surface area contributed by atoms with E-state index in [1.807, 2.05) is 32.0 Å². The molecule has 8 nitrogen and oxygen atoms in total. The number of nitrogens with zero attached hydrogens (tertiary/aromatic N) is 4. The molecule has 0 aliphatic heterocycles. The van der Waals surface area contributed by atoms with Crippen LogP contribution in [0.1, 0.15) is 11.1 Å². The van der Waals surface area contributed by atoms with Crippen LogP contribution in [0.25, 0.3) is 0 Å². The Labute approximate surface area is 128 Å². The molecule has 0 aliphatic rings. The molecule has 0 saturated carbocycles. The zero-order valence-electron chi connectivity index (χ0n) is 12.9. The summed E-state index contributed by atoms with van der Waals surface area (Å²) in [4.78, 5) is 18.8. The first-order valence-corrected chi connectivity index (χ1v) is 6.66. The summed E-state index contributed by atoms with van der Waals surface area (Å²) in [7, 11) is 3.45. The normalized spacial score (nSPS) is 10.6. The van der Waals surface area contributed by atoms with Gasteiger partial charge in [-0.1, -0.05) is 6.07 Å². The average Bonchev–Trinajstić information content (AvgIpc) is 2.42. The summed E-state index contributed by atoms with van der Waals surface area (Å²) >= 11 is 0. The number of hydrazine groups is 1. The van der Waals surface area contributed by atoms with E-state index in [2.05, 4.69) is 20.7 Å². The minimum Gasteiger partial charge on any atom is -0.334 e. The molecular formula is C14H18N6O2. The van der Waals surface area contributed by atoms with Crippen LogP contribution in [0.3, 0.4) is 0 Å². The standard InChI is InChI=1S/C14H18N6O2/c1-9-5-6-11(7-10(9)2)17-13-12(20(21)22)14(16-8-15-13)18-19(3)4/h5-8H,1-4H3,(H2,15,16,17,18). The van der Waals surface area contributed by atoms with Crippen molar-refractivity contribution in [2.45, 2.75) is 13.8 Å². The van der Waals surface area contributed by atoms with Gasteiger partial charge in [-0.25, -0.2) is 15.0 Å². The fraction of sp³-hybridized carbons (Fsp3) is 0.286. The van der Waals surface area contributed by atoms with E-state index in [1.54, 1.807) is 19.1 Å². The first kappa shape index (κ1) is 15.6. The number of hydrogen-bond donors (Lipinski definition) is 2. The van der Waals surface area contributed by atoms with Gasteiger partial charge < -0.3 is 5.32 Å². The number of benzene rings is 1. The third-order valence-electron chi connectivity index (χ3n) is 3.10. The Balaban J connectivity index is 2.41. The number of hydrogen-bond acceptors (Lipinski definition) is 7. The maximum Gasteiger partial charge on any atom is 0.354 e. The van der Waals surface area contributed by atoms with Gasteiger partial charge in [-0.05, 0) is 37.1 Å². The second-order valence-corrected chi connectivity index (χ2v) is 5.11. The van der Waals surface area contributed by atoms with Crippen molar-refractivity contribution in [1.82, 2.24) is 15.0 Å². The first-order chi connectivity index (χ1) is 10.4. The van der Waals surface area contributed by atoms with E-state index < -0.39 is 4.92 Å². The molecule has 0 spiro atoms. The van der Waals surface area contributed by atoms with E-state index in [0.717, 1.165) is 16.8 Å². The van der Waals surface area contributed by atoms with Gasteiger partial charge in [0.05, 0.1) is 4.92 Å². The lowest BCUT2D eigenvalue weighted by Crippen LogP contribution is -2.21. The lowest BCUT2D eigenvalue weighted by atomic mass is 10.1. The van der Waals surface area contributed by atoms with Crippen LogP contribution in [-0.4, -0.2) is 34.0 Å². The van der Waals surface area contributed by atoms with E-state index in [1.165, 1.54) is 6.33 Å². The monoisotopic (exact) mass is 302 g/mol. The quantitative estimate of drug-likeness (QED) is 0.647. The summed E-state index contributed by atoms with van der Waals surface area (Å²) in [6.45, 7) is 3.99. The van der Waals surface area contributed by atoms with Gasteiger partial charge in [0.15, 0.2) is 0 Å². The summed E-state index contributed by atoms with van der Waals surface area (Å²) in [5, 5.41) is 15.9. The molecule has 0 saturated heterocycles. The third-order valence-corrected chi connectivity index (χ3v) is 3.10. The SMILES string of the molecule is Cc1ccc(Nc2ncnc(NN(C)C)c2[N+](=O)[O-])cc1C. The second kappa shape index (κ2) is 6.35. The van der Waals surface area contributed by atoms with Gasteiger partial charge in [0.1, 0.15) is 6.33 Å². The van der Waals surface area contributed by atoms with Crippen molar-refractivity contribution in [1.29, 1.82) is 0 Å². The third kappa shape index (κ3) is 3.47. The smallest absolute Gasteiger partial charge is 0.334 e. The molecular weight excluding hydrogens is 284 g/mol. The largest absolute Gasteiger partial charge is 0.354 e. The van der Waals surface area contributed by atoms with Crippen molar-refractivity contribution in [3.63, 3.8) is 0 Å². The lowest BCUT2D eigenvalue weighted by Gasteiger charge is -2.14. The average molecular weight is 302 g/mol. The highest BCUT2D eigenvalue weighted by Crippen LogP contribution is 2.31. The van der Waals surface area contributed by atoms with Crippen LogP contribution < -0.4 is 10.7 Å². The number of aromatic nitrogens is 2. The predicted molar refractivity (Wildman–Crippen MR) is 85.2 cm³/mol. The highest BCUT2D eigenvalue weighted by molar-refractivity contribution is 5.73. The molecule has 0 bridgehead atoms. The molecule has 0 aliphatic carbocycles. The molecule has 1 heterocycles. The molecule has 2 rings (SSSR count). The van der Waals surface area contributed by atoms with E-state index in [-0.39, 0.29) is 17.3 Å². The second-order valence-electron chi connectivity index (χ2n) is 5.11. The van der Waals surface area contributed by atoms with Gasteiger partial charge in [0.25, 0.3) is 0 Å². The van der Waals surface area contributed by atoms with Crippen molar-refractivity contribution < 1.29 is 4.92 Å². The van der Waals surface area contributed by atoms with Gasteiger partial charge in [0.2, 0.25) is 11.6 Å². The van der Waals surface area contributed by atoms with Gasteiger partial charge in [-0.15, -0.1) is 0 Å². The minimum atomic E-state index is -0.505. The van der Waals surface area contributed by atoms with Crippen molar-refractivity contribution in [3.05, 3.63) is 45.8 Å². The molecule has 116 valence electrons. The molecule has 0 radical (unpaired) electrons. The lowest BCUT2D eigenvalue weighted by molar-refractivity contribution is -0.383. The predicted octanol–water partition coefficient (Wildman–Crippen LogP) is 2.63. The molecule has 2 N–H and O–H groups in total. The van der Waals surface area contributed by atoms with Gasteiger partial charge >= 0.3 is 5.69 Å². The van der Waals surface area contributed by atoms with Crippen molar-refractivity contribution in [2.24, 2.45) is 0 Å². The number of nitrogens with one attached hydrogen (secondary N) is 2. The van der Waals surface area contributed by atoms with Crippen LogP contribution in [-0.2, 0) is 0 Å². The number of anilines is 3. The zero-order chi connectivity index (χ0) is 16.3. The molecule has 0 atom stereocenters. The van der Waals surface area contributed by atoms with Crippen LogP contribution in [0.5, 0.6) is 0 Å². The highest BCUT2D eigenvalue weighted by atomic mass is 16.6. The Morgan fingerprint density at radius 3 is 2.41 bits per heavy atom. The van der Waals surface area contributed by atoms with Gasteiger partial charge in [-0.2, -0.15) is 0 Å². The number of rotatable bonds is 5. The summed E-state index contributed by atoms with van der Waals surface area (Å²) in [6.07, 6.45) is 1.28. The minimum absolute atomic E-state index is 0.135. The van der Waals surface area contributed by atoms with Crippen molar-refractivity contribution in [2.75, 3.05) is 24.8 Å². The van der Waals surface area contributed by atoms with Crippen LogP contribution in [0.2, 0.25) is 0 Å². The highest BCUT2D eigenvalue weighted by Gasteiger charge is 2.23.